The van der Waals surface area contributed by atoms with Crippen LogP contribution in [0.25, 0.3) is 0 Å². The standard InChI is InChI=1S/C24H23NO7S/c1-25(21-6-4-5-7-23(21)31-3)33(28,29)20-14-10-18(11-15-20)24(27)32-16-22(26)17-8-12-19(30-2)13-9-17/h4-15H,16H2,1-3H3. The van der Waals surface area contributed by atoms with Gasteiger partial charge < -0.3 is 14.2 Å². The minimum atomic E-state index is -3.90. The highest BCUT2D eigenvalue weighted by atomic mass is 32.2. The van der Waals surface area contributed by atoms with Crippen LogP contribution in [0.15, 0.2) is 77.7 Å². The number of carbonyl (C=O) groups excluding carboxylic acids is 2. The van der Waals surface area contributed by atoms with Crippen molar-refractivity contribution in [3.63, 3.8) is 0 Å². The zero-order chi connectivity index (χ0) is 24.0. The van der Waals surface area contributed by atoms with Crippen molar-refractivity contribution in [2.24, 2.45) is 0 Å². The first kappa shape index (κ1) is 23.8. The molecule has 0 saturated carbocycles. The van der Waals surface area contributed by atoms with Crippen molar-refractivity contribution >= 4 is 27.5 Å². The van der Waals surface area contributed by atoms with Crippen molar-refractivity contribution in [3.05, 3.63) is 83.9 Å². The number of hydrogen-bond acceptors (Lipinski definition) is 7. The van der Waals surface area contributed by atoms with E-state index in [1.54, 1.807) is 48.5 Å². The Morgan fingerprint density at radius 3 is 2.03 bits per heavy atom. The highest BCUT2D eigenvalue weighted by Crippen LogP contribution is 2.30. The fraction of sp³-hybridized carbons (Fsp3) is 0.167. The Morgan fingerprint density at radius 1 is 0.818 bits per heavy atom. The van der Waals surface area contributed by atoms with Gasteiger partial charge >= 0.3 is 5.97 Å². The minimum absolute atomic E-state index is 0.0123. The lowest BCUT2D eigenvalue weighted by atomic mass is 10.1. The normalized spacial score (nSPS) is 10.9. The summed E-state index contributed by atoms with van der Waals surface area (Å²) in [6, 6.07) is 18.4. The minimum Gasteiger partial charge on any atom is -0.497 e. The van der Waals surface area contributed by atoms with Gasteiger partial charge in [0.1, 0.15) is 11.5 Å². The number of rotatable bonds is 9. The van der Waals surface area contributed by atoms with Crippen molar-refractivity contribution in [2.45, 2.75) is 4.90 Å². The fourth-order valence-electron chi connectivity index (χ4n) is 3.02. The summed E-state index contributed by atoms with van der Waals surface area (Å²) < 4.78 is 42.5. The molecule has 0 N–H and O–H groups in total. The van der Waals surface area contributed by atoms with Crippen LogP contribution in [0.3, 0.4) is 0 Å². The number of esters is 1. The fourth-order valence-corrected chi connectivity index (χ4v) is 4.22. The van der Waals surface area contributed by atoms with Gasteiger partial charge in [-0.05, 0) is 60.7 Å². The van der Waals surface area contributed by atoms with E-state index in [1.807, 2.05) is 0 Å². The molecule has 33 heavy (non-hydrogen) atoms. The van der Waals surface area contributed by atoms with Crippen LogP contribution < -0.4 is 13.8 Å². The molecule has 0 saturated heterocycles. The molecular formula is C24H23NO7S. The van der Waals surface area contributed by atoms with Crippen LogP contribution in [0.1, 0.15) is 20.7 Å². The Hall–Kier alpha value is -3.85. The molecule has 172 valence electrons. The first-order valence-corrected chi connectivity index (χ1v) is 11.3. The van der Waals surface area contributed by atoms with Crippen LogP contribution >= 0.6 is 0 Å². The second-order valence-corrected chi connectivity index (χ2v) is 8.87. The van der Waals surface area contributed by atoms with Gasteiger partial charge in [-0.25, -0.2) is 13.2 Å². The Morgan fingerprint density at radius 2 is 1.42 bits per heavy atom. The van der Waals surface area contributed by atoms with E-state index in [2.05, 4.69) is 0 Å². The largest absolute Gasteiger partial charge is 0.497 e. The maximum atomic E-state index is 13.0. The highest BCUT2D eigenvalue weighted by Gasteiger charge is 2.24. The van der Waals surface area contributed by atoms with Crippen LogP contribution in [0.5, 0.6) is 11.5 Å². The van der Waals surface area contributed by atoms with E-state index >= 15 is 0 Å². The first-order chi connectivity index (χ1) is 15.8. The van der Waals surface area contributed by atoms with Gasteiger partial charge in [0.2, 0.25) is 0 Å². The van der Waals surface area contributed by atoms with Crippen molar-refractivity contribution in [1.82, 2.24) is 0 Å². The van der Waals surface area contributed by atoms with Crippen molar-refractivity contribution in [1.29, 1.82) is 0 Å². The monoisotopic (exact) mass is 469 g/mol. The lowest BCUT2D eigenvalue weighted by Gasteiger charge is -2.21. The van der Waals surface area contributed by atoms with Crippen molar-refractivity contribution in [2.75, 3.05) is 32.2 Å². The van der Waals surface area contributed by atoms with E-state index in [4.69, 9.17) is 14.2 Å². The number of methoxy groups -OCH3 is 2. The second-order valence-electron chi connectivity index (χ2n) is 6.90. The van der Waals surface area contributed by atoms with Crippen LogP contribution in [-0.4, -0.2) is 48.0 Å². The van der Waals surface area contributed by atoms with Gasteiger partial charge in [-0.3, -0.25) is 9.10 Å². The summed E-state index contributed by atoms with van der Waals surface area (Å²) in [7, 11) is 0.496. The third kappa shape index (κ3) is 5.32. The number of carbonyl (C=O) groups is 2. The molecule has 0 heterocycles. The number of para-hydroxylation sites is 2. The average molecular weight is 470 g/mol. The molecule has 8 nitrogen and oxygen atoms in total. The number of anilines is 1. The van der Waals surface area contributed by atoms with Crippen LogP contribution in [0.4, 0.5) is 5.69 Å². The summed E-state index contributed by atoms with van der Waals surface area (Å²) in [6.45, 7) is -0.443. The highest BCUT2D eigenvalue weighted by molar-refractivity contribution is 7.92. The summed E-state index contributed by atoms with van der Waals surface area (Å²) in [6.07, 6.45) is 0. The van der Waals surface area contributed by atoms with Gasteiger partial charge in [-0.15, -0.1) is 0 Å². The third-order valence-corrected chi connectivity index (χ3v) is 6.70. The number of hydrogen-bond donors (Lipinski definition) is 0. The molecule has 0 aromatic heterocycles. The molecule has 0 fully saturated rings. The third-order valence-electron chi connectivity index (χ3n) is 4.92. The van der Waals surface area contributed by atoms with Crippen LogP contribution in [0.2, 0.25) is 0 Å². The van der Waals surface area contributed by atoms with Gasteiger partial charge in [0.15, 0.2) is 12.4 Å². The van der Waals surface area contributed by atoms with Crippen molar-refractivity contribution in [3.8, 4) is 11.5 Å². The Bertz CT molecular complexity index is 1240. The summed E-state index contributed by atoms with van der Waals surface area (Å²) in [5, 5.41) is 0. The maximum Gasteiger partial charge on any atom is 0.338 e. The summed E-state index contributed by atoms with van der Waals surface area (Å²) in [4.78, 5) is 24.5. The molecule has 3 aromatic carbocycles. The molecule has 0 amide bonds. The smallest absolute Gasteiger partial charge is 0.338 e. The molecule has 3 aromatic rings. The Balaban J connectivity index is 1.68. The topological polar surface area (TPSA) is 99.2 Å². The number of sulfonamides is 1. The molecule has 0 unspecified atom stereocenters. The van der Waals surface area contributed by atoms with Gasteiger partial charge in [0.05, 0.1) is 30.4 Å². The maximum absolute atomic E-state index is 13.0. The Labute approximate surface area is 192 Å². The van der Waals surface area contributed by atoms with E-state index < -0.39 is 22.6 Å². The van der Waals surface area contributed by atoms with Gasteiger partial charge in [0, 0.05) is 12.6 Å². The van der Waals surface area contributed by atoms with E-state index in [0.717, 1.165) is 4.31 Å². The predicted octanol–water partition coefficient (Wildman–Crippen LogP) is 3.57. The number of Topliss-reactive ketones (excluding diaryl/α,β-unsaturated/α-hetero) is 1. The second kappa shape index (κ2) is 10.2. The van der Waals surface area contributed by atoms with E-state index in [0.29, 0.717) is 22.7 Å². The molecular weight excluding hydrogens is 446 g/mol. The number of ketones is 1. The molecule has 0 spiro atoms. The Kier molecular flexibility index (Phi) is 7.34. The average Bonchev–Trinajstić information content (AvgIpc) is 2.86. The van der Waals surface area contributed by atoms with E-state index in [9.17, 15) is 18.0 Å². The van der Waals surface area contributed by atoms with Crippen molar-refractivity contribution < 1.29 is 32.2 Å². The number of nitrogens with zero attached hydrogens (tertiary/aromatic N) is 1. The van der Waals surface area contributed by atoms with E-state index in [-0.39, 0.29) is 16.2 Å². The predicted molar refractivity (Wildman–Crippen MR) is 123 cm³/mol. The molecule has 0 atom stereocenters. The van der Waals surface area contributed by atoms with Gasteiger partial charge in [0.25, 0.3) is 10.0 Å². The molecule has 9 heteroatoms. The molecule has 0 aliphatic heterocycles. The van der Waals surface area contributed by atoms with Gasteiger partial charge in [-0.1, -0.05) is 12.1 Å². The SMILES string of the molecule is COc1ccc(C(=O)COC(=O)c2ccc(S(=O)(=O)N(C)c3ccccc3OC)cc2)cc1. The summed E-state index contributed by atoms with van der Waals surface area (Å²) in [5.74, 6) is -0.0947. The summed E-state index contributed by atoms with van der Waals surface area (Å²) in [5.41, 5.74) is 0.876. The molecule has 0 bridgehead atoms. The zero-order valence-corrected chi connectivity index (χ0v) is 19.2. The molecule has 3 rings (SSSR count). The number of ether oxygens (including phenoxy) is 3. The lowest BCUT2D eigenvalue weighted by molar-refractivity contribution is 0.0474. The quantitative estimate of drug-likeness (QED) is 0.349. The first-order valence-electron chi connectivity index (χ1n) is 9.84. The van der Waals surface area contributed by atoms with Gasteiger partial charge in [-0.2, -0.15) is 0 Å². The summed E-state index contributed by atoms with van der Waals surface area (Å²) >= 11 is 0. The number of benzene rings is 3. The molecule has 0 radical (unpaired) electrons. The van der Waals surface area contributed by atoms with Crippen LogP contribution in [-0.2, 0) is 14.8 Å². The molecule has 0 aliphatic rings. The van der Waals surface area contributed by atoms with E-state index in [1.165, 1.54) is 45.5 Å². The zero-order valence-electron chi connectivity index (χ0n) is 18.3. The molecule has 0 aliphatic carbocycles. The lowest BCUT2D eigenvalue weighted by Crippen LogP contribution is -2.27. The van der Waals surface area contributed by atoms with Crippen LogP contribution in [0, 0.1) is 0 Å².